The summed E-state index contributed by atoms with van der Waals surface area (Å²) < 4.78 is 110. The van der Waals surface area contributed by atoms with Gasteiger partial charge in [0.15, 0.2) is 21.6 Å². The number of fused-ring (bicyclic) bond motifs is 1. The molecule has 0 spiro atoms. The molecule has 0 unspecified atom stereocenters. The number of halogens is 6. The third kappa shape index (κ3) is 5.74. The van der Waals surface area contributed by atoms with Crippen LogP contribution in [0.2, 0.25) is 0 Å². The number of sulfone groups is 1. The highest BCUT2D eigenvalue weighted by atomic mass is 32.2. The SMILES string of the molecule is O=C(COc1ccccc1)N=C1S[C@H]2CS(=O)(=O)C[C@H]2N1c1cc(C(F)(F)F)cc(C(F)(F)F)c1. The number of anilines is 1. The van der Waals surface area contributed by atoms with Gasteiger partial charge in [0.1, 0.15) is 5.75 Å². The largest absolute Gasteiger partial charge is 0.484 e. The van der Waals surface area contributed by atoms with Gasteiger partial charge < -0.3 is 9.64 Å². The average Bonchev–Trinajstić information content (AvgIpc) is 3.22. The van der Waals surface area contributed by atoms with E-state index in [1.165, 1.54) is 0 Å². The van der Waals surface area contributed by atoms with Gasteiger partial charge in [-0.2, -0.15) is 31.3 Å². The van der Waals surface area contributed by atoms with Gasteiger partial charge in [-0.15, -0.1) is 0 Å². The zero-order chi connectivity index (χ0) is 25.6. The summed E-state index contributed by atoms with van der Waals surface area (Å²) in [6.07, 6.45) is -10.2. The standard InChI is InChI=1S/C21H16F6N2O4S2/c22-20(23,24)12-6-13(21(25,26)27)8-14(7-12)29-16-10-35(31,32)11-17(16)34-19(29)28-18(30)9-33-15-4-2-1-3-5-15/h1-8,16-17H,9-11H2/t16-,17+/m1/s1. The van der Waals surface area contributed by atoms with Crippen molar-refractivity contribution in [1.29, 1.82) is 0 Å². The molecule has 35 heavy (non-hydrogen) atoms. The van der Waals surface area contributed by atoms with E-state index in [1.807, 2.05) is 0 Å². The van der Waals surface area contributed by atoms with Gasteiger partial charge in [-0.3, -0.25) is 4.79 Å². The Morgan fingerprint density at radius 2 is 1.60 bits per heavy atom. The van der Waals surface area contributed by atoms with Crippen molar-refractivity contribution in [1.82, 2.24) is 0 Å². The van der Waals surface area contributed by atoms with Crippen molar-refractivity contribution < 1.29 is 44.3 Å². The topological polar surface area (TPSA) is 76.0 Å². The molecule has 0 aliphatic carbocycles. The summed E-state index contributed by atoms with van der Waals surface area (Å²) in [5.41, 5.74) is -3.68. The van der Waals surface area contributed by atoms with Gasteiger partial charge in [0.2, 0.25) is 0 Å². The first kappa shape index (κ1) is 25.4. The van der Waals surface area contributed by atoms with Crippen LogP contribution in [0, 0.1) is 0 Å². The minimum Gasteiger partial charge on any atom is -0.484 e. The van der Waals surface area contributed by atoms with Gasteiger partial charge in [0, 0.05) is 10.9 Å². The number of hydrogen-bond acceptors (Lipinski definition) is 5. The fourth-order valence-electron chi connectivity index (χ4n) is 3.74. The van der Waals surface area contributed by atoms with Crippen LogP contribution in [0.4, 0.5) is 32.0 Å². The maximum Gasteiger partial charge on any atom is 0.416 e. The molecule has 0 aromatic heterocycles. The first-order valence-electron chi connectivity index (χ1n) is 9.98. The number of amides is 1. The van der Waals surface area contributed by atoms with Gasteiger partial charge in [0.25, 0.3) is 5.91 Å². The first-order chi connectivity index (χ1) is 16.2. The summed E-state index contributed by atoms with van der Waals surface area (Å²) >= 11 is 0.821. The van der Waals surface area contributed by atoms with E-state index in [1.54, 1.807) is 30.3 Å². The van der Waals surface area contributed by atoms with Crippen LogP contribution in [-0.4, -0.2) is 48.9 Å². The zero-order valence-corrected chi connectivity index (χ0v) is 19.1. The summed E-state index contributed by atoms with van der Waals surface area (Å²) in [7, 11) is -3.59. The number of thioether (sulfide) groups is 1. The average molecular weight is 538 g/mol. The minimum absolute atomic E-state index is 0.0226. The van der Waals surface area contributed by atoms with Crippen molar-refractivity contribution >= 4 is 38.4 Å². The molecule has 0 saturated carbocycles. The number of rotatable bonds is 4. The lowest BCUT2D eigenvalue weighted by atomic mass is 10.1. The van der Waals surface area contributed by atoms with E-state index < -0.39 is 68.6 Å². The van der Waals surface area contributed by atoms with Gasteiger partial charge in [-0.05, 0) is 30.3 Å². The lowest BCUT2D eigenvalue weighted by molar-refractivity contribution is -0.143. The summed E-state index contributed by atoms with van der Waals surface area (Å²) in [5.74, 6) is -1.34. The monoisotopic (exact) mass is 538 g/mol. The smallest absolute Gasteiger partial charge is 0.416 e. The highest BCUT2D eigenvalue weighted by molar-refractivity contribution is 8.16. The number of para-hydroxylation sites is 1. The predicted octanol–water partition coefficient (Wildman–Crippen LogP) is 4.40. The Hall–Kier alpha value is -2.74. The van der Waals surface area contributed by atoms with Gasteiger partial charge >= 0.3 is 12.4 Å². The summed E-state index contributed by atoms with van der Waals surface area (Å²) in [6, 6.07) is 8.16. The van der Waals surface area contributed by atoms with E-state index >= 15 is 0 Å². The third-order valence-electron chi connectivity index (χ3n) is 5.24. The van der Waals surface area contributed by atoms with Crippen LogP contribution in [0.5, 0.6) is 5.75 Å². The molecule has 6 nitrogen and oxygen atoms in total. The quantitative estimate of drug-likeness (QED) is 0.538. The molecular formula is C21H16F6N2O4S2. The fraction of sp³-hybridized carbons (Fsp3) is 0.333. The second-order valence-electron chi connectivity index (χ2n) is 7.82. The van der Waals surface area contributed by atoms with Crippen molar-refractivity contribution in [2.24, 2.45) is 4.99 Å². The van der Waals surface area contributed by atoms with E-state index in [-0.39, 0.29) is 17.0 Å². The Morgan fingerprint density at radius 3 is 2.17 bits per heavy atom. The number of aliphatic imine (C=N–C) groups is 1. The van der Waals surface area contributed by atoms with Crippen molar-refractivity contribution in [3.8, 4) is 5.75 Å². The number of carbonyl (C=O) groups is 1. The molecule has 2 heterocycles. The van der Waals surface area contributed by atoms with Gasteiger partial charge in [0.05, 0.1) is 28.7 Å². The van der Waals surface area contributed by atoms with Crippen molar-refractivity contribution in [3.05, 3.63) is 59.7 Å². The minimum atomic E-state index is -5.10. The highest BCUT2D eigenvalue weighted by Crippen LogP contribution is 2.44. The lowest BCUT2D eigenvalue weighted by Crippen LogP contribution is -2.38. The molecule has 2 aliphatic rings. The Labute approximate surface area is 199 Å². The van der Waals surface area contributed by atoms with E-state index in [0.717, 1.165) is 16.7 Å². The molecule has 2 aromatic carbocycles. The van der Waals surface area contributed by atoms with Crippen LogP contribution < -0.4 is 9.64 Å². The van der Waals surface area contributed by atoms with E-state index in [9.17, 15) is 39.6 Å². The maximum absolute atomic E-state index is 13.4. The number of hydrogen-bond donors (Lipinski definition) is 0. The van der Waals surface area contributed by atoms with E-state index in [4.69, 9.17) is 4.74 Å². The van der Waals surface area contributed by atoms with Crippen LogP contribution in [0.3, 0.4) is 0 Å². The summed E-state index contributed by atoms with van der Waals surface area (Å²) in [5, 5.41) is -0.908. The molecule has 2 fully saturated rings. The third-order valence-corrected chi connectivity index (χ3v) is 8.45. The number of amidine groups is 1. The molecule has 14 heteroatoms. The molecule has 4 rings (SSSR count). The molecule has 188 valence electrons. The molecular weight excluding hydrogens is 522 g/mol. The van der Waals surface area contributed by atoms with Crippen LogP contribution >= 0.6 is 11.8 Å². The van der Waals surface area contributed by atoms with Gasteiger partial charge in [-0.25, -0.2) is 8.42 Å². The zero-order valence-electron chi connectivity index (χ0n) is 17.5. The predicted molar refractivity (Wildman–Crippen MR) is 117 cm³/mol. The van der Waals surface area contributed by atoms with Crippen LogP contribution in [0.25, 0.3) is 0 Å². The van der Waals surface area contributed by atoms with E-state index in [2.05, 4.69) is 4.99 Å². The van der Waals surface area contributed by atoms with Crippen LogP contribution in [0.1, 0.15) is 11.1 Å². The van der Waals surface area contributed by atoms with Crippen LogP contribution in [-0.2, 0) is 27.0 Å². The number of benzene rings is 2. The molecule has 2 aliphatic heterocycles. The number of carbonyl (C=O) groups excluding carboxylic acids is 1. The maximum atomic E-state index is 13.4. The van der Waals surface area contributed by atoms with Crippen LogP contribution in [0.15, 0.2) is 53.5 Å². The molecule has 0 N–H and O–H groups in total. The molecule has 2 aromatic rings. The number of nitrogens with zero attached hydrogens (tertiary/aromatic N) is 2. The number of ether oxygens (including phenoxy) is 1. The molecule has 0 radical (unpaired) electrons. The Bertz CT molecular complexity index is 1230. The molecule has 2 saturated heterocycles. The Balaban J connectivity index is 1.72. The summed E-state index contributed by atoms with van der Waals surface area (Å²) in [4.78, 5) is 17.2. The fourth-order valence-corrected chi connectivity index (χ4v) is 7.68. The van der Waals surface area contributed by atoms with E-state index in [0.29, 0.717) is 17.9 Å². The molecule has 2 atom stereocenters. The summed E-state index contributed by atoms with van der Waals surface area (Å²) in [6.45, 7) is -0.536. The van der Waals surface area contributed by atoms with Gasteiger partial charge in [-0.1, -0.05) is 30.0 Å². The lowest BCUT2D eigenvalue weighted by Gasteiger charge is -2.26. The highest BCUT2D eigenvalue weighted by Gasteiger charge is 2.50. The van der Waals surface area contributed by atoms with Crippen molar-refractivity contribution in [3.63, 3.8) is 0 Å². The second kappa shape index (κ2) is 9.04. The first-order valence-corrected chi connectivity index (χ1v) is 12.7. The van der Waals surface area contributed by atoms with Crippen molar-refractivity contribution in [2.45, 2.75) is 23.6 Å². The molecule has 1 amide bonds. The number of alkyl halides is 6. The normalized spacial score (nSPS) is 22.9. The second-order valence-corrected chi connectivity index (χ2v) is 11.2. The Morgan fingerprint density at radius 1 is 1.00 bits per heavy atom. The molecule has 0 bridgehead atoms. The van der Waals surface area contributed by atoms with Crippen molar-refractivity contribution in [2.75, 3.05) is 23.0 Å². The Kier molecular flexibility index (Phi) is 6.55.